The van der Waals surface area contributed by atoms with Gasteiger partial charge in [0.1, 0.15) is 0 Å². The molecule has 23 heavy (non-hydrogen) atoms. The third kappa shape index (κ3) is 4.40. The van der Waals surface area contributed by atoms with Crippen LogP contribution in [0.5, 0.6) is 0 Å². The first-order valence-corrected chi connectivity index (χ1v) is 8.83. The number of sulfonamides is 1. The molecule has 0 saturated heterocycles. The Morgan fingerprint density at radius 2 is 1.87 bits per heavy atom. The van der Waals surface area contributed by atoms with Crippen LogP contribution in [-0.4, -0.2) is 32.5 Å². The van der Waals surface area contributed by atoms with Gasteiger partial charge in [-0.15, -0.1) is 0 Å². The first kappa shape index (κ1) is 17.7. The van der Waals surface area contributed by atoms with Gasteiger partial charge in [-0.05, 0) is 37.6 Å². The number of rotatable bonds is 5. The summed E-state index contributed by atoms with van der Waals surface area (Å²) in [6.45, 7) is 3.65. The molecule has 0 aliphatic carbocycles. The van der Waals surface area contributed by atoms with Crippen molar-refractivity contribution in [2.75, 3.05) is 19.0 Å². The number of halogens is 1. The molecular formula is C15H19ClN4O2S. The highest BCUT2D eigenvalue weighted by Gasteiger charge is 2.17. The molecule has 0 spiro atoms. The van der Waals surface area contributed by atoms with Gasteiger partial charge in [-0.3, -0.25) is 0 Å². The van der Waals surface area contributed by atoms with Crippen molar-refractivity contribution in [1.29, 1.82) is 0 Å². The highest BCUT2D eigenvalue weighted by molar-refractivity contribution is 7.89. The van der Waals surface area contributed by atoms with E-state index in [9.17, 15) is 8.42 Å². The van der Waals surface area contributed by atoms with E-state index in [2.05, 4.69) is 14.7 Å². The lowest BCUT2D eigenvalue weighted by atomic mass is 10.2. The normalized spacial score (nSPS) is 11.5. The highest BCUT2D eigenvalue weighted by atomic mass is 35.5. The van der Waals surface area contributed by atoms with Crippen LogP contribution < -0.4 is 9.62 Å². The molecule has 0 fully saturated rings. The fourth-order valence-corrected chi connectivity index (χ4v) is 3.52. The van der Waals surface area contributed by atoms with E-state index < -0.39 is 10.0 Å². The van der Waals surface area contributed by atoms with E-state index in [1.165, 1.54) is 6.07 Å². The minimum atomic E-state index is -3.67. The summed E-state index contributed by atoms with van der Waals surface area (Å²) in [6.07, 6.45) is 0. The maximum absolute atomic E-state index is 12.5. The van der Waals surface area contributed by atoms with Gasteiger partial charge in [0.25, 0.3) is 0 Å². The SMILES string of the molecule is Cc1cc(CNS(=O)(=O)c2cc(Cl)ccc2C)nc(N(C)C)n1. The summed E-state index contributed by atoms with van der Waals surface area (Å²) >= 11 is 5.90. The zero-order valence-electron chi connectivity index (χ0n) is 13.5. The van der Waals surface area contributed by atoms with E-state index in [-0.39, 0.29) is 11.4 Å². The van der Waals surface area contributed by atoms with Crippen LogP contribution in [0, 0.1) is 13.8 Å². The molecule has 1 heterocycles. The van der Waals surface area contributed by atoms with Crippen LogP contribution in [0.3, 0.4) is 0 Å². The van der Waals surface area contributed by atoms with E-state index in [0.29, 0.717) is 22.2 Å². The molecule has 0 atom stereocenters. The van der Waals surface area contributed by atoms with Gasteiger partial charge in [0.15, 0.2) is 0 Å². The Morgan fingerprint density at radius 3 is 2.52 bits per heavy atom. The lowest BCUT2D eigenvalue weighted by molar-refractivity contribution is 0.579. The lowest BCUT2D eigenvalue weighted by Gasteiger charge is -2.13. The van der Waals surface area contributed by atoms with Crippen LogP contribution in [0.15, 0.2) is 29.2 Å². The predicted octanol–water partition coefficient (Wildman–Crippen LogP) is 2.29. The molecule has 1 aromatic heterocycles. The summed E-state index contributed by atoms with van der Waals surface area (Å²) < 4.78 is 27.5. The second-order valence-corrected chi connectivity index (χ2v) is 7.60. The molecule has 0 aliphatic rings. The van der Waals surface area contributed by atoms with Crippen LogP contribution in [0.2, 0.25) is 5.02 Å². The molecule has 0 bridgehead atoms. The van der Waals surface area contributed by atoms with Gasteiger partial charge in [-0.1, -0.05) is 17.7 Å². The second-order valence-electron chi connectivity index (χ2n) is 5.43. The molecule has 8 heteroatoms. The van der Waals surface area contributed by atoms with Crippen LogP contribution in [-0.2, 0) is 16.6 Å². The smallest absolute Gasteiger partial charge is 0.241 e. The third-order valence-corrected chi connectivity index (χ3v) is 4.96. The average Bonchev–Trinajstić information content (AvgIpc) is 2.47. The number of aromatic nitrogens is 2. The number of hydrogen-bond acceptors (Lipinski definition) is 5. The van der Waals surface area contributed by atoms with Gasteiger partial charge in [0.2, 0.25) is 16.0 Å². The van der Waals surface area contributed by atoms with E-state index in [4.69, 9.17) is 11.6 Å². The van der Waals surface area contributed by atoms with Gasteiger partial charge in [-0.25, -0.2) is 23.1 Å². The maximum Gasteiger partial charge on any atom is 0.241 e. The van der Waals surface area contributed by atoms with Crippen LogP contribution in [0.25, 0.3) is 0 Å². The van der Waals surface area contributed by atoms with E-state index in [1.807, 2.05) is 21.0 Å². The molecule has 0 saturated carbocycles. The summed E-state index contributed by atoms with van der Waals surface area (Å²) in [5.41, 5.74) is 2.01. The van der Waals surface area contributed by atoms with Crippen molar-refractivity contribution in [1.82, 2.24) is 14.7 Å². The molecule has 2 rings (SSSR count). The van der Waals surface area contributed by atoms with Gasteiger partial charge < -0.3 is 4.90 Å². The zero-order valence-corrected chi connectivity index (χ0v) is 15.0. The van der Waals surface area contributed by atoms with Crippen molar-refractivity contribution in [2.45, 2.75) is 25.3 Å². The Morgan fingerprint density at radius 1 is 1.17 bits per heavy atom. The first-order valence-electron chi connectivity index (χ1n) is 6.97. The molecule has 2 aromatic rings. The van der Waals surface area contributed by atoms with E-state index in [0.717, 1.165) is 5.69 Å². The molecule has 0 unspecified atom stereocenters. The van der Waals surface area contributed by atoms with Crippen molar-refractivity contribution < 1.29 is 8.42 Å². The topological polar surface area (TPSA) is 75.2 Å². The first-order chi connectivity index (χ1) is 10.7. The Kier molecular flexibility index (Phi) is 5.23. The van der Waals surface area contributed by atoms with Crippen LogP contribution in [0.4, 0.5) is 5.95 Å². The number of aryl methyl sites for hydroxylation is 2. The average molecular weight is 355 g/mol. The molecule has 1 N–H and O–H groups in total. The largest absolute Gasteiger partial charge is 0.347 e. The van der Waals surface area contributed by atoms with Crippen LogP contribution in [0.1, 0.15) is 17.0 Å². The lowest BCUT2D eigenvalue weighted by Crippen LogP contribution is -2.25. The minimum absolute atomic E-state index is 0.0818. The summed E-state index contributed by atoms with van der Waals surface area (Å²) in [4.78, 5) is 10.6. The second kappa shape index (κ2) is 6.82. The molecule has 6 nitrogen and oxygen atoms in total. The molecule has 0 amide bonds. The third-order valence-electron chi connectivity index (χ3n) is 3.18. The Hall–Kier alpha value is -1.70. The Labute approximate surface area is 141 Å². The predicted molar refractivity (Wildman–Crippen MR) is 91.3 cm³/mol. The number of benzene rings is 1. The van der Waals surface area contributed by atoms with Gasteiger partial charge in [0, 0.05) is 24.8 Å². The van der Waals surface area contributed by atoms with Crippen LogP contribution >= 0.6 is 11.6 Å². The van der Waals surface area contributed by atoms with Crippen molar-refractivity contribution in [2.24, 2.45) is 0 Å². The van der Waals surface area contributed by atoms with E-state index >= 15 is 0 Å². The minimum Gasteiger partial charge on any atom is -0.347 e. The van der Waals surface area contributed by atoms with E-state index in [1.54, 1.807) is 30.0 Å². The summed E-state index contributed by atoms with van der Waals surface area (Å²) in [6, 6.07) is 6.53. The molecule has 124 valence electrons. The van der Waals surface area contributed by atoms with Gasteiger partial charge in [-0.2, -0.15) is 0 Å². The standard InChI is InChI=1S/C15H19ClN4O2S/c1-10-5-6-12(16)8-14(10)23(21,22)17-9-13-7-11(2)18-15(19-13)20(3)4/h5-8,17H,9H2,1-4H3. The fourth-order valence-electron chi connectivity index (χ4n) is 2.02. The molecule has 0 radical (unpaired) electrons. The monoisotopic (exact) mass is 354 g/mol. The zero-order chi connectivity index (χ0) is 17.2. The quantitative estimate of drug-likeness (QED) is 0.891. The molecule has 0 aliphatic heterocycles. The van der Waals surface area contributed by atoms with Crippen molar-refractivity contribution in [3.63, 3.8) is 0 Å². The Bertz CT molecular complexity index is 822. The summed E-state index contributed by atoms with van der Waals surface area (Å²) in [5.74, 6) is 0.540. The number of hydrogen-bond donors (Lipinski definition) is 1. The Balaban J connectivity index is 2.24. The number of nitrogens with one attached hydrogen (secondary N) is 1. The molecular weight excluding hydrogens is 336 g/mol. The highest BCUT2D eigenvalue weighted by Crippen LogP contribution is 2.20. The fraction of sp³-hybridized carbons (Fsp3) is 0.333. The summed E-state index contributed by atoms with van der Waals surface area (Å²) in [5, 5.41) is 0.378. The van der Waals surface area contributed by atoms with Crippen molar-refractivity contribution in [3.05, 3.63) is 46.2 Å². The number of nitrogens with zero attached hydrogens (tertiary/aromatic N) is 3. The van der Waals surface area contributed by atoms with Crippen molar-refractivity contribution >= 4 is 27.6 Å². The summed E-state index contributed by atoms with van der Waals surface area (Å²) in [7, 11) is -0.00325. The van der Waals surface area contributed by atoms with Gasteiger partial charge >= 0.3 is 0 Å². The molecule has 1 aromatic carbocycles. The number of anilines is 1. The van der Waals surface area contributed by atoms with Crippen molar-refractivity contribution in [3.8, 4) is 0 Å². The maximum atomic E-state index is 12.5. The van der Waals surface area contributed by atoms with Gasteiger partial charge in [0.05, 0.1) is 17.1 Å².